The van der Waals surface area contributed by atoms with E-state index in [1.165, 1.54) is 19.2 Å². The summed E-state index contributed by atoms with van der Waals surface area (Å²) in [6.45, 7) is 1.22. The maximum atomic E-state index is 15.5. The molecule has 3 aliphatic heterocycles. The van der Waals surface area contributed by atoms with Gasteiger partial charge in [-0.15, -0.1) is 0 Å². The zero-order valence-electron chi connectivity index (χ0n) is 25.3. The van der Waals surface area contributed by atoms with Crippen molar-refractivity contribution in [3.05, 3.63) is 76.6 Å². The van der Waals surface area contributed by atoms with Gasteiger partial charge in [0.05, 0.1) is 23.9 Å². The summed E-state index contributed by atoms with van der Waals surface area (Å²) in [5.74, 6) is -0.774. The lowest BCUT2D eigenvalue weighted by atomic mass is 9.74. The largest absolute Gasteiger partial charge is 0.453 e. The SMILES string of the molecule is COC(=O)Nc1ccc2c(c1)NC(=O)CCCC[C@](C=O)(CN1CCC[C@@]3(C1)OC(=O)Nc1ccc(Cl)cc13)c1cc(F)cc-2c1. The number of hydrogen-bond donors (Lipinski definition) is 3. The fourth-order valence-corrected chi connectivity index (χ4v) is 7.08. The minimum atomic E-state index is -1.12. The van der Waals surface area contributed by atoms with Gasteiger partial charge in [0, 0.05) is 41.3 Å². The third kappa shape index (κ3) is 6.29. The number of nitrogens with zero attached hydrogens (tertiary/aromatic N) is 1. The van der Waals surface area contributed by atoms with E-state index in [4.69, 9.17) is 16.3 Å². The van der Waals surface area contributed by atoms with Gasteiger partial charge in [0.1, 0.15) is 12.1 Å². The Morgan fingerprint density at radius 1 is 1.07 bits per heavy atom. The lowest BCUT2D eigenvalue weighted by Gasteiger charge is -2.47. The number of piperidine rings is 1. The van der Waals surface area contributed by atoms with Crippen LogP contribution in [0.15, 0.2) is 54.6 Å². The summed E-state index contributed by atoms with van der Waals surface area (Å²) in [6, 6.07) is 14.7. The normalized spacial score (nSPS) is 22.9. The lowest BCUT2D eigenvalue weighted by Crippen LogP contribution is -2.54. The molecule has 12 heteroatoms. The molecule has 0 radical (unpaired) electrons. The number of nitrogens with one attached hydrogen (secondary N) is 3. The van der Waals surface area contributed by atoms with Gasteiger partial charge in [0.2, 0.25) is 5.91 Å². The number of amides is 3. The molecule has 2 atom stereocenters. The summed E-state index contributed by atoms with van der Waals surface area (Å²) in [7, 11) is 1.25. The number of ether oxygens (including phenoxy) is 2. The van der Waals surface area contributed by atoms with Gasteiger partial charge in [-0.05, 0) is 91.9 Å². The molecule has 1 fully saturated rings. The van der Waals surface area contributed by atoms with Crippen molar-refractivity contribution in [1.82, 2.24) is 4.90 Å². The number of rotatable bonds is 4. The van der Waals surface area contributed by atoms with Gasteiger partial charge in [-0.25, -0.2) is 14.0 Å². The number of methoxy groups -OCH3 is 1. The van der Waals surface area contributed by atoms with Crippen molar-refractivity contribution >= 4 is 53.0 Å². The number of anilines is 3. The van der Waals surface area contributed by atoms with Crippen molar-refractivity contribution in [1.29, 1.82) is 0 Å². The van der Waals surface area contributed by atoms with Crippen molar-refractivity contribution in [3.8, 4) is 11.1 Å². The number of halogens is 2. The molecular formula is C34H34ClFN4O6. The Labute approximate surface area is 270 Å². The van der Waals surface area contributed by atoms with Crippen LogP contribution in [0.4, 0.5) is 31.0 Å². The number of aldehydes is 1. The Hall–Kier alpha value is -4.48. The molecule has 46 heavy (non-hydrogen) atoms. The first-order valence-electron chi connectivity index (χ1n) is 15.2. The maximum Gasteiger partial charge on any atom is 0.412 e. The van der Waals surface area contributed by atoms with Gasteiger partial charge in [-0.3, -0.25) is 20.3 Å². The molecule has 0 saturated carbocycles. The zero-order valence-corrected chi connectivity index (χ0v) is 26.0. The van der Waals surface area contributed by atoms with Crippen LogP contribution in [0.1, 0.15) is 49.7 Å². The summed E-state index contributed by atoms with van der Waals surface area (Å²) in [5, 5.41) is 8.76. The Kier molecular flexibility index (Phi) is 8.71. The van der Waals surface area contributed by atoms with E-state index in [-0.39, 0.29) is 18.9 Å². The Balaban J connectivity index is 1.39. The molecule has 0 unspecified atom stereocenters. The smallest absolute Gasteiger partial charge is 0.412 e. The van der Waals surface area contributed by atoms with Crippen LogP contribution in [0.2, 0.25) is 5.02 Å². The van der Waals surface area contributed by atoms with Crippen LogP contribution in [0.3, 0.4) is 0 Å². The van der Waals surface area contributed by atoms with Crippen LogP contribution in [-0.2, 0) is 30.1 Å². The molecule has 2 bridgehead atoms. The second kappa shape index (κ2) is 12.7. The molecule has 3 N–H and O–H groups in total. The van der Waals surface area contributed by atoms with Crippen LogP contribution in [-0.4, -0.2) is 56.0 Å². The molecule has 1 saturated heterocycles. The minimum Gasteiger partial charge on any atom is -0.453 e. The number of likely N-dealkylation sites (tertiary alicyclic amines) is 1. The molecule has 3 aromatic rings. The van der Waals surface area contributed by atoms with Crippen LogP contribution < -0.4 is 16.0 Å². The standard InChI is InChI=1S/C34H34ClFN4O6/c1-45-31(43)37-25-7-8-26-21-13-22(15-24(36)14-21)33(20-41,10-3-2-5-30(42)38-29(26)17-25)18-40-12-4-11-34(19-40)27-16-23(35)6-9-28(27)39-32(44)46-34/h6-9,13-17,20H,2-5,10-12,18-19H2,1H3,(H,37,43)(H,38,42)(H,39,44)/t33-,34+/m1/s1. The van der Waals surface area contributed by atoms with Gasteiger partial charge in [-0.2, -0.15) is 0 Å². The summed E-state index contributed by atoms with van der Waals surface area (Å²) in [6.07, 6.45) is 2.57. The molecule has 10 nitrogen and oxygen atoms in total. The highest BCUT2D eigenvalue weighted by Crippen LogP contribution is 2.45. The summed E-state index contributed by atoms with van der Waals surface area (Å²) in [4.78, 5) is 52.8. The summed E-state index contributed by atoms with van der Waals surface area (Å²) in [5.41, 5.74) is 1.60. The van der Waals surface area contributed by atoms with E-state index in [1.54, 1.807) is 42.5 Å². The average Bonchev–Trinajstić information content (AvgIpc) is 3.02. The Bertz CT molecular complexity index is 1720. The molecule has 1 spiro atoms. The summed E-state index contributed by atoms with van der Waals surface area (Å²) < 4.78 is 26.1. The molecule has 3 aromatic carbocycles. The average molecular weight is 649 g/mol. The molecule has 240 valence electrons. The first-order valence-corrected chi connectivity index (χ1v) is 15.6. The van der Waals surface area contributed by atoms with Crippen molar-refractivity contribution in [3.63, 3.8) is 0 Å². The first-order chi connectivity index (χ1) is 22.1. The van der Waals surface area contributed by atoms with E-state index in [2.05, 4.69) is 25.6 Å². The number of carbonyl (C=O) groups excluding carboxylic acids is 4. The minimum absolute atomic E-state index is 0.207. The van der Waals surface area contributed by atoms with Gasteiger partial charge < -0.3 is 19.6 Å². The van der Waals surface area contributed by atoms with E-state index in [1.807, 2.05) is 0 Å². The lowest BCUT2D eigenvalue weighted by molar-refractivity contribution is -0.116. The number of hydrogen-bond acceptors (Lipinski definition) is 7. The fraction of sp³-hybridized carbons (Fsp3) is 0.353. The summed E-state index contributed by atoms with van der Waals surface area (Å²) >= 11 is 6.36. The fourth-order valence-electron chi connectivity index (χ4n) is 6.91. The van der Waals surface area contributed by atoms with Crippen LogP contribution in [0.5, 0.6) is 0 Å². The molecule has 0 aromatic heterocycles. The third-order valence-corrected chi connectivity index (χ3v) is 9.28. The maximum absolute atomic E-state index is 15.5. The van der Waals surface area contributed by atoms with E-state index in [0.717, 1.165) is 11.8 Å². The zero-order chi connectivity index (χ0) is 32.5. The quantitative estimate of drug-likeness (QED) is 0.265. The number of benzene rings is 3. The second-order valence-electron chi connectivity index (χ2n) is 12.1. The molecular weight excluding hydrogens is 615 g/mol. The predicted molar refractivity (Wildman–Crippen MR) is 172 cm³/mol. The van der Waals surface area contributed by atoms with Gasteiger partial charge in [-0.1, -0.05) is 24.1 Å². The van der Waals surface area contributed by atoms with Crippen LogP contribution >= 0.6 is 11.6 Å². The second-order valence-corrected chi connectivity index (χ2v) is 12.6. The van der Waals surface area contributed by atoms with E-state index >= 15 is 4.39 Å². The van der Waals surface area contributed by atoms with Crippen molar-refractivity contribution in [2.75, 3.05) is 42.7 Å². The first kappa shape index (κ1) is 31.5. The molecule has 0 aliphatic carbocycles. The predicted octanol–water partition coefficient (Wildman–Crippen LogP) is 6.83. The molecule has 3 heterocycles. The van der Waals surface area contributed by atoms with Gasteiger partial charge in [0.15, 0.2) is 5.60 Å². The molecule has 6 rings (SSSR count). The van der Waals surface area contributed by atoms with Gasteiger partial charge >= 0.3 is 12.2 Å². The Morgan fingerprint density at radius 3 is 2.72 bits per heavy atom. The highest BCUT2D eigenvalue weighted by molar-refractivity contribution is 6.30. The van der Waals surface area contributed by atoms with E-state index in [9.17, 15) is 19.2 Å². The molecule has 3 aliphatic rings. The topological polar surface area (TPSA) is 126 Å². The third-order valence-electron chi connectivity index (χ3n) is 9.05. The number of fused-ring (bicyclic) bond motifs is 6. The van der Waals surface area contributed by atoms with Crippen LogP contribution in [0, 0.1) is 5.82 Å². The van der Waals surface area contributed by atoms with Crippen molar-refractivity contribution in [2.45, 2.75) is 49.5 Å². The van der Waals surface area contributed by atoms with Crippen LogP contribution in [0.25, 0.3) is 11.1 Å². The van der Waals surface area contributed by atoms with Crippen molar-refractivity contribution < 1.29 is 33.0 Å². The monoisotopic (exact) mass is 648 g/mol. The van der Waals surface area contributed by atoms with E-state index in [0.29, 0.717) is 84.0 Å². The Morgan fingerprint density at radius 2 is 1.91 bits per heavy atom. The van der Waals surface area contributed by atoms with E-state index < -0.39 is 29.0 Å². The van der Waals surface area contributed by atoms with Crippen molar-refractivity contribution in [2.24, 2.45) is 0 Å². The molecule has 3 amide bonds. The highest BCUT2D eigenvalue weighted by Gasteiger charge is 2.47. The van der Waals surface area contributed by atoms with Gasteiger partial charge in [0.25, 0.3) is 0 Å². The highest BCUT2D eigenvalue weighted by atomic mass is 35.5. The number of carbonyl (C=O) groups is 4.